The zero-order chi connectivity index (χ0) is 17.0. The molecule has 1 aromatic carbocycles. The van der Waals surface area contributed by atoms with Crippen LogP contribution in [-0.4, -0.2) is 29.1 Å². The molecule has 2 aromatic rings. The predicted molar refractivity (Wildman–Crippen MR) is 85.8 cm³/mol. The van der Waals surface area contributed by atoms with Crippen LogP contribution >= 0.6 is 0 Å². The van der Waals surface area contributed by atoms with Gasteiger partial charge in [-0.2, -0.15) is 0 Å². The lowest BCUT2D eigenvalue weighted by molar-refractivity contribution is -0.384. The minimum atomic E-state index is -0.519. The molecular weight excluding hydrogens is 298 g/mol. The van der Waals surface area contributed by atoms with Crippen molar-refractivity contribution in [2.45, 2.75) is 13.3 Å². The first-order valence-electron chi connectivity index (χ1n) is 7.15. The van der Waals surface area contributed by atoms with Gasteiger partial charge < -0.3 is 14.6 Å². The van der Waals surface area contributed by atoms with Gasteiger partial charge in [-0.25, -0.2) is 0 Å². The lowest BCUT2D eigenvalue weighted by atomic mass is 10.1. The molecule has 0 bridgehead atoms. The summed E-state index contributed by atoms with van der Waals surface area (Å²) in [6, 6.07) is 7.14. The summed E-state index contributed by atoms with van der Waals surface area (Å²) in [4.78, 5) is 22.3. The zero-order valence-electron chi connectivity index (χ0n) is 13.3. The summed E-state index contributed by atoms with van der Waals surface area (Å²) in [7, 11) is 3.21. The third-order valence-electron chi connectivity index (χ3n) is 3.55. The van der Waals surface area contributed by atoms with Crippen molar-refractivity contribution in [1.82, 2.24) is 9.88 Å². The summed E-state index contributed by atoms with van der Waals surface area (Å²) in [5.74, 6) is 0.437. The highest BCUT2D eigenvalue weighted by atomic mass is 16.6. The van der Waals surface area contributed by atoms with Gasteiger partial charge >= 0.3 is 0 Å². The summed E-state index contributed by atoms with van der Waals surface area (Å²) >= 11 is 0. The fourth-order valence-electron chi connectivity index (χ4n) is 2.38. The van der Waals surface area contributed by atoms with Crippen LogP contribution in [0, 0.1) is 17.0 Å². The standard InChI is InChI=1S/C16H19N3O4/c1-11-4-5-15(23-3)12(8-11)6-7-17-16(20)14-9-13(19(21)22)10-18(14)2/h4-5,8-10H,6-7H2,1-3H3,(H,17,20). The molecule has 0 fully saturated rings. The molecule has 0 atom stereocenters. The summed E-state index contributed by atoms with van der Waals surface area (Å²) in [6.45, 7) is 2.41. The Morgan fingerprint density at radius 1 is 1.39 bits per heavy atom. The smallest absolute Gasteiger partial charge is 0.287 e. The average molecular weight is 317 g/mol. The molecular formula is C16H19N3O4. The molecule has 7 nitrogen and oxygen atoms in total. The van der Waals surface area contributed by atoms with Crippen molar-refractivity contribution in [3.05, 3.63) is 57.4 Å². The van der Waals surface area contributed by atoms with E-state index in [9.17, 15) is 14.9 Å². The van der Waals surface area contributed by atoms with E-state index in [4.69, 9.17) is 4.74 Å². The number of ether oxygens (including phenoxy) is 1. The molecule has 122 valence electrons. The monoisotopic (exact) mass is 317 g/mol. The summed E-state index contributed by atoms with van der Waals surface area (Å²) in [6.07, 6.45) is 1.93. The second-order valence-corrected chi connectivity index (χ2v) is 5.27. The third-order valence-corrected chi connectivity index (χ3v) is 3.55. The van der Waals surface area contributed by atoms with Crippen LogP contribution in [-0.2, 0) is 13.5 Å². The van der Waals surface area contributed by atoms with E-state index in [1.165, 1.54) is 16.8 Å². The van der Waals surface area contributed by atoms with Crippen molar-refractivity contribution in [3.63, 3.8) is 0 Å². The number of carbonyl (C=O) groups excluding carboxylic acids is 1. The fourth-order valence-corrected chi connectivity index (χ4v) is 2.38. The Morgan fingerprint density at radius 3 is 2.74 bits per heavy atom. The molecule has 0 aliphatic carbocycles. The van der Waals surface area contributed by atoms with Gasteiger partial charge in [0.2, 0.25) is 0 Å². The number of benzene rings is 1. The lowest BCUT2D eigenvalue weighted by Gasteiger charge is -2.10. The number of nitrogens with one attached hydrogen (secondary N) is 1. The molecule has 0 aliphatic heterocycles. The number of nitro groups is 1. The maximum atomic E-state index is 12.1. The van der Waals surface area contributed by atoms with Gasteiger partial charge in [0.1, 0.15) is 11.4 Å². The van der Waals surface area contributed by atoms with Gasteiger partial charge in [-0.05, 0) is 25.0 Å². The Morgan fingerprint density at radius 2 is 2.13 bits per heavy atom. The van der Waals surface area contributed by atoms with Crippen molar-refractivity contribution in [2.75, 3.05) is 13.7 Å². The molecule has 1 amide bonds. The van der Waals surface area contributed by atoms with Crippen LogP contribution in [0.1, 0.15) is 21.6 Å². The molecule has 0 unspecified atom stereocenters. The molecule has 1 aromatic heterocycles. The van der Waals surface area contributed by atoms with Crippen molar-refractivity contribution in [2.24, 2.45) is 7.05 Å². The van der Waals surface area contributed by atoms with Gasteiger partial charge in [0, 0.05) is 19.7 Å². The first-order chi connectivity index (χ1) is 10.9. The Balaban J connectivity index is 2.00. The maximum Gasteiger partial charge on any atom is 0.287 e. The highest BCUT2D eigenvalue weighted by Crippen LogP contribution is 2.20. The normalized spacial score (nSPS) is 10.4. The van der Waals surface area contributed by atoms with Gasteiger partial charge in [0.25, 0.3) is 11.6 Å². The van der Waals surface area contributed by atoms with E-state index in [-0.39, 0.29) is 17.3 Å². The zero-order valence-corrected chi connectivity index (χ0v) is 13.3. The van der Waals surface area contributed by atoms with Crippen molar-refractivity contribution < 1.29 is 14.5 Å². The summed E-state index contributed by atoms with van der Waals surface area (Å²) in [5.41, 5.74) is 2.28. The number of carbonyl (C=O) groups is 1. The minimum absolute atomic E-state index is 0.0991. The Bertz CT molecular complexity index is 737. The lowest BCUT2D eigenvalue weighted by Crippen LogP contribution is -2.27. The molecule has 0 aliphatic rings. The second-order valence-electron chi connectivity index (χ2n) is 5.27. The number of aromatic nitrogens is 1. The number of rotatable bonds is 6. The quantitative estimate of drug-likeness (QED) is 0.654. The molecule has 2 rings (SSSR count). The number of aryl methyl sites for hydroxylation is 2. The van der Waals surface area contributed by atoms with E-state index in [1.807, 2.05) is 25.1 Å². The van der Waals surface area contributed by atoms with Crippen LogP contribution in [0.15, 0.2) is 30.5 Å². The molecule has 0 saturated carbocycles. The molecule has 7 heteroatoms. The van der Waals surface area contributed by atoms with Crippen LogP contribution in [0.2, 0.25) is 0 Å². The highest BCUT2D eigenvalue weighted by molar-refractivity contribution is 5.93. The van der Waals surface area contributed by atoms with Gasteiger partial charge in [0.05, 0.1) is 18.2 Å². The van der Waals surface area contributed by atoms with Crippen LogP contribution in [0.4, 0.5) is 5.69 Å². The number of hydrogen-bond acceptors (Lipinski definition) is 4. The van der Waals surface area contributed by atoms with E-state index in [0.29, 0.717) is 13.0 Å². The van der Waals surface area contributed by atoms with E-state index in [1.54, 1.807) is 14.2 Å². The highest BCUT2D eigenvalue weighted by Gasteiger charge is 2.17. The molecule has 1 N–H and O–H groups in total. The molecule has 0 spiro atoms. The fraction of sp³-hybridized carbons (Fsp3) is 0.312. The maximum absolute atomic E-state index is 12.1. The largest absolute Gasteiger partial charge is 0.496 e. The average Bonchev–Trinajstić information content (AvgIpc) is 2.90. The van der Waals surface area contributed by atoms with E-state index in [2.05, 4.69) is 5.32 Å². The van der Waals surface area contributed by atoms with Gasteiger partial charge in [-0.1, -0.05) is 17.7 Å². The number of hydrogen-bond donors (Lipinski definition) is 1. The van der Waals surface area contributed by atoms with E-state index >= 15 is 0 Å². The molecule has 0 radical (unpaired) electrons. The van der Waals surface area contributed by atoms with Crippen molar-refractivity contribution >= 4 is 11.6 Å². The predicted octanol–water partition coefficient (Wildman–Crippen LogP) is 2.22. The molecule has 0 saturated heterocycles. The number of amides is 1. The van der Waals surface area contributed by atoms with E-state index in [0.717, 1.165) is 16.9 Å². The summed E-state index contributed by atoms with van der Waals surface area (Å²) < 4.78 is 6.74. The van der Waals surface area contributed by atoms with E-state index < -0.39 is 4.92 Å². The Hall–Kier alpha value is -2.83. The van der Waals surface area contributed by atoms with Crippen molar-refractivity contribution in [3.8, 4) is 5.75 Å². The Labute approximate surface area is 134 Å². The third kappa shape index (κ3) is 3.88. The summed E-state index contributed by atoms with van der Waals surface area (Å²) in [5, 5.41) is 13.5. The van der Waals surface area contributed by atoms with Crippen molar-refractivity contribution in [1.29, 1.82) is 0 Å². The van der Waals surface area contributed by atoms with Gasteiger partial charge in [-0.3, -0.25) is 14.9 Å². The van der Waals surface area contributed by atoms with Crippen LogP contribution in [0.5, 0.6) is 5.75 Å². The second kappa shape index (κ2) is 6.95. The molecule has 1 heterocycles. The van der Waals surface area contributed by atoms with Gasteiger partial charge in [-0.15, -0.1) is 0 Å². The number of methoxy groups -OCH3 is 1. The van der Waals surface area contributed by atoms with Crippen LogP contribution < -0.4 is 10.1 Å². The topological polar surface area (TPSA) is 86.4 Å². The number of nitrogens with zero attached hydrogens (tertiary/aromatic N) is 2. The Kier molecular flexibility index (Phi) is 5.00. The van der Waals surface area contributed by atoms with Crippen LogP contribution in [0.3, 0.4) is 0 Å². The molecule has 23 heavy (non-hydrogen) atoms. The first kappa shape index (κ1) is 16.5. The van der Waals surface area contributed by atoms with Crippen LogP contribution in [0.25, 0.3) is 0 Å². The SMILES string of the molecule is COc1ccc(C)cc1CCNC(=O)c1cc([N+](=O)[O-])cn1C. The van der Waals surface area contributed by atoms with Gasteiger partial charge in [0.15, 0.2) is 0 Å². The first-order valence-corrected chi connectivity index (χ1v) is 7.15. The minimum Gasteiger partial charge on any atom is -0.496 e.